The molecule has 0 N–H and O–H groups in total. The third-order valence-corrected chi connectivity index (χ3v) is 6.95. The van der Waals surface area contributed by atoms with E-state index < -0.39 is 0 Å². The number of nitrogens with zero attached hydrogens (tertiary/aromatic N) is 7. The summed E-state index contributed by atoms with van der Waals surface area (Å²) in [7, 11) is 2.14. The second-order valence-corrected chi connectivity index (χ2v) is 9.48. The Hall–Kier alpha value is -4.24. The van der Waals surface area contributed by atoms with Crippen LogP contribution in [-0.4, -0.2) is 60.0 Å². The van der Waals surface area contributed by atoms with Crippen LogP contribution in [0.25, 0.3) is 28.3 Å². The van der Waals surface area contributed by atoms with Crippen molar-refractivity contribution in [2.24, 2.45) is 0 Å². The molecule has 8 nitrogen and oxygen atoms in total. The van der Waals surface area contributed by atoms with Gasteiger partial charge in [-0.3, -0.25) is 9.78 Å². The SMILES string of the molecule is CN1CCC(n2cnc(-c3ccc(F)cc3)c2-c2ccc3nc(CC(=O)c4ccncc4)cn3n2)CC1. The highest BCUT2D eigenvalue weighted by molar-refractivity contribution is 5.97. The lowest BCUT2D eigenvalue weighted by Gasteiger charge is -2.30. The zero-order valence-electron chi connectivity index (χ0n) is 20.5. The molecule has 0 bridgehead atoms. The van der Waals surface area contributed by atoms with Crippen molar-refractivity contribution in [3.8, 4) is 22.6 Å². The van der Waals surface area contributed by atoms with E-state index in [1.807, 2.05) is 18.5 Å². The first-order valence-corrected chi connectivity index (χ1v) is 12.4. The second kappa shape index (κ2) is 9.67. The van der Waals surface area contributed by atoms with Crippen molar-refractivity contribution in [3.63, 3.8) is 0 Å². The summed E-state index contributed by atoms with van der Waals surface area (Å²) in [5.41, 5.74) is 5.15. The summed E-state index contributed by atoms with van der Waals surface area (Å²) in [6, 6.07) is 13.9. The van der Waals surface area contributed by atoms with E-state index in [1.165, 1.54) is 12.1 Å². The lowest BCUT2D eigenvalue weighted by atomic mass is 10.0. The number of fused-ring (bicyclic) bond motifs is 1. The molecule has 0 spiro atoms. The Morgan fingerprint density at radius 1 is 1.03 bits per heavy atom. The number of benzene rings is 1. The molecule has 1 saturated heterocycles. The minimum Gasteiger partial charge on any atom is -0.326 e. The van der Waals surface area contributed by atoms with Gasteiger partial charge in [0.15, 0.2) is 11.4 Å². The molecule has 1 aliphatic heterocycles. The summed E-state index contributed by atoms with van der Waals surface area (Å²) in [6.07, 6.45) is 9.09. The molecule has 0 amide bonds. The van der Waals surface area contributed by atoms with Gasteiger partial charge in [0.2, 0.25) is 0 Å². The highest BCUT2D eigenvalue weighted by Gasteiger charge is 2.25. The molecule has 9 heteroatoms. The van der Waals surface area contributed by atoms with Crippen LogP contribution >= 0.6 is 0 Å². The summed E-state index contributed by atoms with van der Waals surface area (Å²) in [5, 5.41) is 4.88. The molecule has 1 aromatic carbocycles. The number of hydrogen-bond acceptors (Lipinski definition) is 6. The summed E-state index contributed by atoms with van der Waals surface area (Å²) in [4.78, 5) is 28.3. The predicted octanol–water partition coefficient (Wildman–Crippen LogP) is 4.49. The topological polar surface area (TPSA) is 81.2 Å². The van der Waals surface area contributed by atoms with Crippen molar-refractivity contribution in [3.05, 3.63) is 90.5 Å². The number of pyridine rings is 1. The lowest BCUT2D eigenvalue weighted by molar-refractivity contribution is 0.0992. The molecule has 37 heavy (non-hydrogen) atoms. The quantitative estimate of drug-likeness (QED) is 0.323. The predicted molar refractivity (Wildman–Crippen MR) is 138 cm³/mol. The molecule has 6 rings (SSSR count). The van der Waals surface area contributed by atoms with Gasteiger partial charge in [-0.1, -0.05) is 0 Å². The lowest BCUT2D eigenvalue weighted by Crippen LogP contribution is -2.31. The van der Waals surface area contributed by atoms with Crippen LogP contribution in [0.5, 0.6) is 0 Å². The maximum absolute atomic E-state index is 13.7. The largest absolute Gasteiger partial charge is 0.326 e. The molecule has 0 saturated carbocycles. The molecule has 4 aromatic heterocycles. The standard InChI is InChI=1S/C28H26FN7O/c1-34-14-10-23(11-15-34)35-18-31-27(20-2-4-21(29)5-3-20)28(35)24-6-7-26-32-22(17-36(26)33-24)16-25(37)19-8-12-30-13-9-19/h2-9,12-13,17-18,23H,10-11,14-16H2,1H3. The number of rotatable bonds is 6. The Bertz CT molecular complexity index is 1550. The van der Waals surface area contributed by atoms with Crippen molar-refractivity contribution >= 4 is 11.4 Å². The van der Waals surface area contributed by atoms with Gasteiger partial charge in [-0.2, -0.15) is 5.10 Å². The molecule has 0 aliphatic carbocycles. The van der Waals surface area contributed by atoms with Gasteiger partial charge in [0.05, 0.1) is 36.0 Å². The van der Waals surface area contributed by atoms with Crippen LogP contribution in [0.4, 0.5) is 4.39 Å². The fourth-order valence-electron chi connectivity index (χ4n) is 4.93. The minimum atomic E-state index is -0.285. The van der Waals surface area contributed by atoms with Crippen molar-refractivity contribution in [1.82, 2.24) is 34.0 Å². The first-order chi connectivity index (χ1) is 18.0. The van der Waals surface area contributed by atoms with Crippen LogP contribution in [0.3, 0.4) is 0 Å². The van der Waals surface area contributed by atoms with Gasteiger partial charge in [0.25, 0.3) is 0 Å². The Morgan fingerprint density at radius 3 is 2.54 bits per heavy atom. The third kappa shape index (κ3) is 4.65. The maximum atomic E-state index is 13.7. The number of halogens is 1. The number of carbonyl (C=O) groups excluding carboxylic acids is 1. The number of Topliss-reactive ketones (excluding diaryl/α,β-unsaturated/α-hetero) is 1. The number of hydrogen-bond donors (Lipinski definition) is 0. The molecule has 1 aliphatic rings. The van der Waals surface area contributed by atoms with Crippen LogP contribution < -0.4 is 0 Å². The average molecular weight is 496 g/mol. The Balaban J connectivity index is 1.38. The summed E-state index contributed by atoms with van der Waals surface area (Å²) in [6.45, 7) is 2.02. The monoisotopic (exact) mass is 495 g/mol. The van der Waals surface area contributed by atoms with E-state index in [1.54, 1.807) is 47.4 Å². The Labute approximate surface area is 213 Å². The maximum Gasteiger partial charge on any atom is 0.168 e. The first-order valence-electron chi connectivity index (χ1n) is 12.4. The van der Waals surface area contributed by atoms with Crippen molar-refractivity contribution in [1.29, 1.82) is 0 Å². The van der Waals surface area contributed by atoms with Crippen LogP contribution in [0, 0.1) is 5.82 Å². The van der Waals surface area contributed by atoms with Crippen LogP contribution in [0.1, 0.15) is 34.9 Å². The number of aromatic nitrogens is 6. The Kier molecular flexibility index (Phi) is 6.05. The molecular formula is C28H26FN7O. The van der Waals surface area contributed by atoms with Gasteiger partial charge in [-0.25, -0.2) is 18.9 Å². The number of piperidine rings is 1. The summed E-state index contributed by atoms with van der Waals surface area (Å²) in [5.74, 6) is -0.308. The van der Waals surface area contributed by atoms with E-state index in [-0.39, 0.29) is 18.0 Å². The van der Waals surface area contributed by atoms with Gasteiger partial charge in [-0.15, -0.1) is 0 Å². The van der Waals surface area contributed by atoms with E-state index in [9.17, 15) is 9.18 Å². The second-order valence-electron chi connectivity index (χ2n) is 9.48. The number of imidazole rings is 2. The first kappa shape index (κ1) is 23.2. The molecule has 0 atom stereocenters. The zero-order valence-corrected chi connectivity index (χ0v) is 20.5. The number of ketones is 1. The van der Waals surface area contributed by atoms with Crippen LogP contribution in [-0.2, 0) is 6.42 Å². The van der Waals surface area contributed by atoms with Gasteiger partial charge in [0.1, 0.15) is 11.5 Å². The van der Waals surface area contributed by atoms with Crippen LogP contribution in [0.15, 0.2) is 73.4 Å². The van der Waals surface area contributed by atoms with Crippen molar-refractivity contribution in [2.45, 2.75) is 25.3 Å². The van der Waals surface area contributed by atoms with E-state index >= 15 is 0 Å². The van der Waals surface area contributed by atoms with E-state index in [0.29, 0.717) is 22.9 Å². The molecule has 0 radical (unpaired) electrons. The average Bonchev–Trinajstić information content (AvgIpc) is 3.53. The molecule has 5 aromatic rings. The van der Waals surface area contributed by atoms with Crippen LogP contribution in [0.2, 0.25) is 0 Å². The molecular weight excluding hydrogens is 469 g/mol. The summed E-state index contributed by atoms with van der Waals surface area (Å²) < 4.78 is 17.6. The van der Waals surface area contributed by atoms with Crippen molar-refractivity contribution < 1.29 is 9.18 Å². The summed E-state index contributed by atoms with van der Waals surface area (Å²) >= 11 is 0. The Morgan fingerprint density at radius 2 is 1.78 bits per heavy atom. The fraction of sp³-hybridized carbons (Fsp3) is 0.250. The number of likely N-dealkylation sites (tertiary alicyclic amines) is 1. The van der Waals surface area contributed by atoms with Gasteiger partial charge < -0.3 is 9.47 Å². The molecule has 0 unspecified atom stereocenters. The van der Waals surface area contributed by atoms with E-state index in [2.05, 4.69) is 26.5 Å². The highest BCUT2D eigenvalue weighted by Crippen LogP contribution is 2.35. The van der Waals surface area contributed by atoms with Gasteiger partial charge >= 0.3 is 0 Å². The van der Waals surface area contributed by atoms with Gasteiger partial charge in [0, 0.05) is 29.6 Å². The smallest absolute Gasteiger partial charge is 0.168 e. The van der Waals surface area contributed by atoms with Gasteiger partial charge in [-0.05, 0) is 81.5 Å². The normalized spacial score (nSPS) is 14.9. The van der Waals surface area contributed by atoms with E-state index in [4.69, 9.17) is 10.1 Å². The molecule has 1 fully saturated rings. The third-order valence-electron chi connectivity index (χ3n) is 6.95. The van der Waals surface area contributed by atoms with E-state index in [0.717, 1.165) is 48.6 Å². The molecule has 186 valence electrons. The van der Waals surface area contributed by atoms with Crippen molar-refractivity contribution in [2.75, 3.05) is 20.1 Å². The highest BCUT2D eigenvalue weighted by atomic mass is 19.1. The number of carbonyl (C=O) groups is 1. The zero-order chi connectivity index (χ0) is 25.4. The fourth-order valence-corrected chi connectivity index (χ4v) is 4.93. The minimum absolute atomic E-state index is 0.0232. The molecule has 5 heterocycles.